The molecule has 3 heterocycles. The van der Waals surface area contributed by atoms with Gasteiger partial charge in [0.05, 0.1) is 5.69 Å². The zero-order chi connectivity index (χ0) is 19.6. The summed E-state index contributed by atoms with van der Waals surface area (Å²) < 4.78 is 0. The maximum absolute atomic E-state index is 12.8. The third-order valence-electron chi connectivity index (χ3n) is 7.70. The van der Waals surface area contributed by atoms with Gasteiger partial charge in [0.15, 0.2) is 0 Å². The van der Waals surface area contributed by atoms with Crippen LogP contribution in [0.3, 0.4) is 0 Å². The highest BCUT2D eigenvalue weighted by molar-refractivity contribution is 5.76. The van der Waals surface area contributed by atoms with Crippen molar-refractivity contribution in [2.45, 2.75) is 78.1 Å². The van der Waals surface area contributed by atoms with Crippen LogP contribution in [-0.4, -0.2) is 58.6 Å². The van der Waals surface area contributed by atoms with Gasteiger partial charge in [-0.05, 0) is 64.0 Å². The smallest absolute Gasteiger partial charge is 0.222 e. The number of hydrogen-bond donors (Lipinski definition) is 1. The molecule has 1 saturated carbocycles. The molecule has 0 radical (unpaired) electrons. The normalized spacial score (nSPS) is 27.0. The molecule has 2 saturated heterocycles. The fourth-order valence-electron chi connectivity index (χ4n) is 5.84. The van der Waals surface area contributed by atoms with Gasteiger partial charge in [0.2, 0.25) is 5.91 Å². The monoisotopic (exact) mass is 386 g/mol. The first-order chi connectivity index (χ1) is 13.5. The number of aryl methyl sites for hydroxylation is 2. The number of aromatic nitrogens is 2. The molecule has 28 heavy (non-hydrogen) atoms. The van der Waals surface area contributed by atoms with Crippen LogP contribution in [0.25, 0.3) is 0 Å². The first-order valence-corrected chi connectivity index (χ1v) is 11.6. The Kier molecular flexibility index (Phi) is 6.10. The van der Waals surface area contributed by atoms with Crippen LogP contribution in [0, 0.1) is 25.2 Å². The quantitative estimate of drug-likeness (QED) is 0.836. The molecular formula is C23H38N4O. The average molecular weight is 387 g/mol. The minimum Gasteiger partial charge on any atom is -0.342 e. The Bertz CT molecular complexity index is 678. The molecule has 3 aliphatic rings. The molecule has 3 fully saturated rings. The lowest BCUT2D eigenvalue weighted by Crippen LogP contribution is -2.47. The van der Waals surface area contributed by atoms with Crippen molar-refractivity contribution in [1.82, 2.24) is 20.0 Å². The van der Waals surface area contributed by atoms with Crippen molar-refractivity contribution >= 4 is 5.91 Å². The molecule has 1 aliphatic carbocycles. The van der Waals surface area contributed by atoms with Crippen LogP contribution in [0.15, 0.2) is 0 Å². The Hall–Kier alpha value is -1.36. The van der Waals surface area contributed by atoms with Crippen LogP contribution in [0.5, 0.6) is 0 Å². The number of nitrogens with one attached hydrogen (secondary N) is 1. The lowest BCUT2D eigenvalue weighted by Gasteiger charge is -2.42. The van der Waals surface area contributed by atoms with Crippen molar-refractivity contribution in [3.8, 4) is 0 Å². The summed E-state index contributed by atoms with van der Waals surface area (Å²) in [5.74, 6) is 1.24. The van der Waals surface area contributed by atoms with E-state index in [4.69, 9.17) is 0 Å². The number of likely N-dealkylation sites (tertiary alicyclic amines) is 2. The minimum absolute atomic E-state index is 0.321. The zero-order valence-electron chi connectivity index (χ0n) is 17.9. The fraction of sp³-hybridized carbons (Fsp3) is 0.826. The van der Waals surface area contributed by atoms with E-state index in [-0.39, 0.29) is 0 Å². The van der Waals surface area contributed by atoms with Gasteiger partial charge in [0, 0.05) is 50.1 Å². The predicted molar refractivity (Wildman–Crippen MR) is 112 cm³/mol. The summed E-state index contributed by atoms with van der Waals surface area (Å²) in [6.45, 7) is 9.84. The molecule has 4 rings (SSSR count). The molecule has 1 N–H and O–H groups in total. The van der Waals surface area contributed by atoms with Gasteiger partial charge >= 0.3 is 0 Å². The summed E-state index contributed by atoms with van der Waals surface area (Å²) in [4.78, 5) is 17.7. The van der Waals surface area contributed by atoms with Gasteiger partial charge in [-0.15, -0.1) is 0 Å². The Morgan fingerprint density at radius 1 is 1.11 bits per heavy atom. The summed E-state index contributed by atoms with van der Waals surface area (Å²) >= 11 is 0. The number of rotatable bonds is 5. The molecular weight excluding hydrogens is 348 g/mol. The molecule has 1 amide bonds. The maximum atomic E-state index is 12.8. The summed E-state index contributed by atoms with van der Waals surface area (Å²) in [5.41, 5.74) is 3.73. The number of piperidine rings is 1. The van der Waals surface area contributed by atoms with Crippen LogP contribution < -0.4 is 0 Å². The maximum Gasteiger partial charge on any atom is 0.222 e. The standard InChI is InChI=1S/C23H38N4O/c1-18-19(2)24-25-21(18)9-10-22(28)27-14-12-23(17-27)11-6-13-26(16-23)15-20-7-4-3-5-8-20/h20H,3-17H2,1-2H3,(H,24,25). The Balaban J connectivity index is 1.28. The number of carbonyl (C=O) groups is 1. The van der Waals surface area contributed by atoms with Crippen LogP contribution in [0.4, 0.5) is 0 Å². The van der Waals surface area contributed by atoms with Crippen LogP contribution in [0.2, 0.25) is 0 Å². The third kappa shape index (κ3) is 4.45. The first-order valence-electron chi connectivity index (χ1n) is 11.6. The summed E-state index contributed by atoms with van der Waals surface area (Å²) in [7, 11) is 0. The molecule has 0 aromatic carbocycles. The third-order valence-corrected chi connectivity index (χ3v) is 7.70. The molecule has 156 valence electrons. The van der Waals surface area contributed by atoms with Crippen molar-refractivity contribution in [2.24, 2.45) is 11.3 Å². The second kappa shape index (κ2) is 8.56. The molecule has 0 bridgehead atoms. The molecule has 1 atom stereocenters. The molecule has 1 aromatic heterocycles. The molecule has 5 nitrogen and oxygen atoms in total. The number of amides is 1. The van der Waals surface area contributed by atoms with Crippen LogP contribution in [-0.2, 0) is 11.2 Å². The molecule has 2 aliphatic heterocycles. The Labute approximate surface area is 170 Å². The lowest BCUT2D eigenvalue weighted by molar-refractivity contribution is -0.130. The SMILES string of the molecule is Cc1[nH]nc(CCC(=O)N2CCC3(CCCN(CC4CCCCC4)C3)C2)c1C. The van der Waals surface area contributed by atoms with Gasteiger partial charge in [-0.1, -0.05) is 19.3 Å². The van der Waals surface area contributed by atoms with E-state index in [1.807, 2.05) is 6.92 Å². The van der Waals surface area contributed by atoms with Gasteiger partial charge in [0.1, 0.15) is 0 Å². The van der Waals surface area contributed by atoms with E-state index in [9.17, 15) is 4.79 Å². The summed E-state index contributed by atoms with van der Waals surface area (Å²) in [6.07, 6.45) is 12.3. The van der Waals surface area contributed by atoms with E-state index in [1.54, 1.807) is 0 Å². The second-order valence-electron chi connectivity index (χ2n) is 9.83. The Morgan fingerprint density at radius 2 is 1.93 bits per heavy atom. The molecule has 1 aromatic rings. The van der Waals surface area contributed by atoms with Crippen molar-refractivity contribution in [2.75, 3.05) is 32.7 Å². The lowest BCUT2D eigenvalue weighted by atomic mass is 9.78. The first kappa shape index (κ1) is 19.9. The number of carbonyl (C=O) groups excluding carboxylic acids is 1. The Morgan fingerprint density at radius 3 is 2.68 bits per heavy atom. The number of hydrogen-bond acceptors (Lipinski definition) is 3. The van der Waals surface area contributed by atoms with E-state index in [0.29, 0.717) is 17.7 Å². The van der Waals surface area contributed by atoms with Crippen molar-refractivity contribution in [1.29, 1.82) is 0 Å². The van der Waals surface area contributed by atoms with Crippen LogP contribution in [0.1, 0.15) is 74.7 Å². The van der Waals surface area contributed by atoms with E-state index >= 15 is 0 Å². The molecule has 1 spiro atoms. The van der Waals surface area contributed by atoms with Crippen molar-refractivity contribution in [3.05, 3.63) is 17.0 Å². The van der Waals surface area contributed by atoms with Gasteiger partial charge in [-0.2, -0.15) is 5.10 Å². The zero-order valence-corrected chi connectivity index (χ0v) is 17.9. The number of H-pyrrole nitrogens is 1. The van der Waals surface area contributed by atoms with E-state index < -0.39 is 0 Å². The van der Waals surface area contributed by atoms with Gasteiger partial charge in [0.25, 0.3) is 0 Å². The highest BCUT2D eigenvalue weighted by atomic mass is 16.2. The van der Waals surface area contributed by atoms with Crippen molar-refractivity contribution in [3.63, 3.8) is 0 Å². The number of aromatic amines is 1. The predicted octanol–water partition coefficient (Wildman–Crippen LogP) is 3.85. The van der Waals surface area contributed by atoms with E-state index in [0.717, 1.165) is 36.8 Å². The molecule has 5 heteroatoms. The fourth-order valence-corrected chi connectivity index (χ4v) is 5.84. The van der Waals surface area contributed by atoms with Gasteiger partial charge in [-0.3, -0.25) is 9.89 Å². The van der Waals surface area contributed by atoms with Gasteiger partial charge in [-0.25, -0.2) is 0 Å². The largest absolute Gasteiger partial charge is 0.342 e. The summed E-state index contributed by atoms with van der Waals surface area (Å²) in [5, 5.41) is 7.39. The summed E-state index contributed by atoms with van der Waals surface area (Å²) in [6, 6.07) is 0. The highest BCUT2D eigenvalue weighted by Gasteiger charge is 2.42. The topological polar surface area (TPSA) is 52.2 Å². The van der Waals surface area contributed by atoms with Gasteiger partial charge < -0.3 is 9.80 Å². The average Bonchev–Trinajstić information content (AvgIpc) is 3.25. The highest BCUT2D eigenvalue weighted by Crippen LogP contribution is 2.40. The van der Waals surface area contributed by atoms with E-state index in [1.165, 1.54) is 76.6 Å². The molecule has 1 unspecified atom stereocenters. The second-order valence-corrected chi connectivity index (χ2v) is 9.83. The van der Waals surface area contributed by atoms with Crippen LogP contribution >= 0.6 is 0 Å². The number of nitrogens with zero attached hydrogens (tertiary/aromatic N) is 3. The van der Waals surface area contributed by atoms with Crippen molar-refractivity contribution < 1.29 is 4.79 Å². The minimum atomic E-state index is 0.321. The van der Waals surface area contributed by atoms with E-state index in [2.05, 4.69) is 26.9 Å².